The van der Waals surface area contributed by atoms with Gasteiger partial charge in [0.1, 0.15) is 11.6 Å². The maximum absolute atomic E-state index is 13.8. The molecule has 0 aliphatic rings. The van der Waals surface area contributed by atoms with Crippen LogP contribution in [0.15, 0.2) is 36.4 Å². The van der Waals surface area contributed by atoms with E-state index in [-0.39, 0.29) is 12.3 Å². The van der Waals surface area contributed by atoms with Crippen molar-refractivity contribution in [3.05, 3.63) is 59.2 Å². The molecule has 0 aliphatic carbocycles. The first kappa shape index (κ1) is 12.5. The topological polar surface area (TPSA) is 35.2 Å². The van der Waals surface area contributed by atoms with Crippen molar-refractivity contribution in [3.63, 3.8) is 0 Å². The van der Waals surface area contributed by atoms with E-state index in [0.29, 0.717) is 16.9 Å². The molecule has 0 unspecified atom stereocenters. The van der Waals surface area contributed by atoms with E-state index in [1.807, 2.05) is 0 Å². The van der Waals surface area contributed by atoms with E-state index < -0.39 is 11.6 Å². The molecule has 4 heteroatoms. The van der Waals surface area contributed by atoms with Crippen molar-refractivity contribution in [1.82, 2.24) is 0 Å². The Labute approximate surface area is 104 Å². The van der Waals surface area contributed by atoms with Crippen molar-refractivity contribution in [2.45, 2.75) is 13.5 Å². The van der Waals surface area contributed by atoms with Crippen LogP contribution in [-0.2, 0) is 6.54 Å². The molecule has 2 N–H and O–H groups in total. The summed E-state index contributed by atoms with van der Waals surface area (Å²) in [6, 6.07) is 8.84. The van der Waals surface area contributed by atoms with Gasteiger partial charge in [0.25, 0.3) is 0 Å². The Kier molecular flexibility index (Phi) is 3.58. The van der Waals surface area contributed by atoms with Gasteiger partial charge in [0.15, 0.2) is 11.6 Å². The lowest BCUT2D eigenvalue weighted by Crippen LogP contribution is -2.01. The van der Waals surface area contributed by atoms with Gasteiger partial charge in [-0.25, -0.2) is 8.78 Å². The molecule has 0 radical (unpaired) electrons. The number of rotatable bonds is 3. The van der Waals surface area contributed by atoms with Gasteiger partial charge in [0.05, 0.1) is 0 Å². The average molecular weight is 249 g/mol. The Morgan fingerprint density at radius 2 is 1.89 bits per heavy atom. The molecular formula is C14H13F2NO. The molecule has 18 heavy (non-hydrogen) atoms. The number of aryl methyl sites for hydroxylation is 1. The van der Waals surface area contributed by atoms with E-state index >= 15 is 0 Å². The quantitative estimate of drug-likeness (QED) is 0.903. The minimum absolute atomic E-state index is 0.108. The average Bonchev–Trinajstić information content (AvgIpc) is 2.37. The van der Waals surface area contributed by atoms with Crippen LogP contribution in [-0.4, -0.2) is 0 Å². The van der Waals surface area contributed by atoms with Crippen LogP contribution in [0.1, 0.15) is 11.1 Å². The van der Waals surface area contributed by atoms with Crippen molar-refractivity contribution in [2.24, 2.45) is 5.73 Å². The fourth-order valence-corrected chi connectivity index (χ4v) is 1.62. The summed E-state index contributed by atoms with van der Waals surface area (Å²) in [5.41, 5.74) is 6.49. The van der Waals surface area contributed by atoms with E-state index in [1.54, 1.807) is 19.1 Å². The molecule has 0 bridgehead atoms. The zero-order valence-electron chi connectivity index (χ0n) is 9.91. The lowest BCUT2D eigenvalue weighted by molar-refractivity contribution is 0.434. The van der Waals surface area contributed by atoms with Crippen molar-refractivity contribution in [2.75, 3.05) is 0 Å². The summed E-state index contributed by atoms with van der Waals surface area (Å²) in [5.74, 6) is -0.350. The third-order valence-electron chi connectivity index (χ3n) is 2.62. The number of benzene rings is 2. The number of hydrogen-bond acceptors (Lipinski definition) is 2. The summed E-state index contributed by atoms with van der Waals surface area (Å²) >= 11 is 0. The smallest absolute Gasteiger partial charge is 0.168 e. The van der Waals surface area contributed by atoms with Crippen molar-refractivity contribution >= 4 is 0 Å². The fourth-order valence-electron chi connectivity index (χ4n) is 1.62. The largest absolute Gasteiger partial charge is 0.454 e. The second-order valence-corrected chi connectivity index (χ2v) is 3.95. The summed E-state index contributed by atoms with van der Waals surface area (Å²) in [5, 5.41) is 0. The molecule has 0 heterocycles. The van der Waals surface area contributed by atoms with Crippen LogP contribution >= 0.6 is 0 Å². The van der Waals surface area contributed by atoms with Crippen molar-refractivity contribution in [1.29, 1.82) is 0 Å². The Hall–Kier alpha value is -1.94. The van der Waals surface area contributed by atoms with E-state index in [4.69, 9.17) is 10.5 Å². The van der Waals surface area contributed by atoms with Gasteiger partial charge in [-0.2, -0.15) is 0 Å². The lowest BCUT2D eigenvalue weighted by Gasteiger charge is -2.11. The van der Waals surface area contributed by atoms with Crippen LogP contribution < -0.4 is 10.5 Å². The second-order valence-electron chi connectivity index (χ2n) is 3.95. The molecule has 0 amide bonds. The number of nitrogens with two attached hydrogens (primary N) is 1. The van der Waals surface area contributed by atoms with Gasteiger partial charge in [0.2, 0.25) is 0 Å². The highest BCUT2D eigenvalue weighted by molar-refractivity contribution is 5.39. The highest BCUT2D eigenvalue weighted by Crippen LogP contribution is 2.29. The Bertz CT molecular complexity index is 570. The molecule has 94 valence electrons. The maximum Gasteiger partial charge on any atom is 0.168 e. The van der Waals surface area contributed by atoms with Crippen LogP contribution in [0, 0.1) is 18.6 Å². The number of ether oxygens (including phenoxy) is 1. The van der Waals surface area contributed by atoms with Gasteiger partial charge in [-0.05, 0) is 36.8 Å². The third-order valence-corrected chi connectivity index (χ3v) is 2.62. The summed E-state index contributed by atoms with van der Waals surface area (Å²) in [7, 11) is 0. The molecular weight excluding hydrogens is 236 g/mol. The molecule has 0 atom stereocenters. The predicted octanol–water partition coefficient (Wildman–Crippen LogP) is 3.52. The first-order chi connectivity index (χ1) is 8.61. The van der Waals surface area contributed by atoms with Crippen LogP contribution in [0.2, 0.25) is 0 Å². The Balaban J connectivity index is 2.37. The molecule has 0 saturated carbocycles. The van der Waals surface area contributed by atoms with Crippen molar-refractivity contribution in [3.8, 4) is 11.5 Å². The molecule has 0 spiro atoms. The summed E-state index contributed by atoms with van der Waals surface area (Å²) in [6.45, 7) is 1.78. The molecule has 2 aromatic rings. The minimum Gasteiger partial charge on any atom is -0.454 e. The van der Waals surface area contributed by atoms with E-state index in [2.05, 4.69) is 0 Å². The maximum atomic E-state index is 13.8. The van der Waals surface area contributed by atoms with E-state index in [9.17, 15) is 8.78 Å². The molecule has 2 aromatic carbocycles. The highest BCUT2D eigenvalue weighted by atomic mass is 19.1. The standard InChI is InChI=1S/C14H13F2NO/c1-9-3-2-4-13(14(9)16)18-12-6-5-11(15)7-10(12)8-17/h2-7H,8,17H2,1H3. The molecule has 2 nitrogen and oxygen atoms in total. The van der Waals surface area contributed by atoms with Gasteiger partial charge in [0, 0.05) is 12.1 Å². The second kappa shape index (κ2) is 5.14. The summed E-state index contributed by atoms with van der Waals surface area (Å²) in [4.78, 5) is 0. The van der Waals surface area contributed by atoms with Crippen molar-refractivity contribution < 1.29 is 13.5 Å². The molecule has 0 aliphatic heterocycles. The van der Waals surface area contributed by atoms with Crippen LogP contribution in [0.5, 0.6) is 11.5 Å². The Morgan fingerprint density at radius 1 is 1.11 bits per heavy atom. The van der Waals surface area contributed by atoms with Gasteiger partial charge < -0.3 is 10.5 Å². The summed E-state index contributed by atoms with van der Waals surface area (Å²) in [6.07, 6.45) is 0. The van der Waals surface area contributed by atoms with Gasteiger partial charge in [-0.15, -0.1) is 0 Å². The first-order valence-corrected chi connectivity index (χ1v) is 5.53. The van der Waals surface area contributed by atoms with Gasteiger partial charge in [-0.3, -0.25) is 0 Å². The molecule has 2 rings (SSSR count). The van der Waals surface area contributed by atoms with Gasteiger partial charge >= 0.3 is 0 Å². The molecule has 0 fully saturated rings. The van der Waals surface area contributed by atoms with Crippen LogP contribution in [0.3, 0.4) is 0 Å². The fraction of sp³-hybridized carbons (Fsp3) is 0.143. The normalized spacial score (nSPS) is 10.4. The Morgan fingerprint density at radius 3 is 2.61 bits per heavy atom. The van der Waals surface area contributed by atoms with Gasteiger partial charge in [-0.1, -0.05) is 12.1 Å². The monoisotopic (exact) mass is 249 g/mol. The predicted molar refractivity (Wildman–Crippen MR) is 65.5 cm³/mol. The van der Waals surface area contributed by atoms with Crippen LogP contribution in [0.25, 0.3) is 0 Å². The summed E-state index contributed by atoms with van der Waals surface area (Å²) < 4.78 is 32.2. The lowest BCUT2D eigenvalue weighted by atomic mass is 10.2. The number of halogens is 2. The first-order valence-electron chi connectivity index (χ1n) is 5.53. The third kappa shape index (κ3) is 2.49. The molecule has 0 saturated heterocycles. The van der Waals surface area contributed by atoms with Crippen LogP contribution in [0.4, 0.5) is 8.78 Å². The zero-order valence-corrected chi connectivity index (χ0v) is 9.91. The van der Waals surface area contributed by atoms with E-state index in [0.717, 1.165) is 0 Å². The molecule has 0 aromatic heterocycles. The van der Waals surface area contributed by atoms with E-state index in [1.165, 1.54) is 24.3 Å². The highest BCUT2D eigenvalue weighted by Gasteiger charge is 2.10. The minimum atomic E-state index is -0.426. The zero-order chi connectivity index (χ0) is 13.1. The SMILES string of the molecule is Cc1cccc(Oc2ccc(F)cc2CN)c1F. The number of hydrogen-bond donors (Lipinski definition) is 1.